The molecule has 0 aliphatic rings. The number of rotatable bonds is 5. The maximum absolute atomic E-state index is 12.2. The second-order valence-corrected chi connectivity index (χ2v) is 2.42. The Hall–Kier alpha value is -0.320. The minimum Gasteiger partial charge on any atom is -0.298 e. The molecule has 68 valence electrons. The second kappa shape index (κ2) is 4.54. The lowest BCUT2D eigenvalue weighted by Crippen LogP contribution is -2.36. The van der Waals surface area contributed by atoms with Crippen LogP contribution in [0.15, 0.2) is 0 Å². The fourth-order valence-electron chi connectivity index (χ4n) is 0.660. The highest BCUT2D eigenvalue weighted by Crippen LogP contribution is 2.14. The summed E-state index contributed by atoms with van der Waals surface area (Å²) >= 11 is 0. The number of hydrogen-bond acceptors (Lipinski definition) is 1. The second-order valence-electron chi connectivity index (χ2n) is 2.42. The van der Waals surface area contributed by atoms with Crippen LogP contribution in [0.25, 0.3) is 0 Å². The predicted molar refractivity (Wildman–Crippen MR) is 34.4 cm³/mol. The van der Waals surface area contributed by atoms with E-state index < -0.39 is 25.8 Å². The van der Waals surface area contributed by atoms with Gasteiger partial charge < -0.3 is 0 Å². The van der Waals surface area contributed by atoms with Crippen LogP contribution in [0.2, 0.25) is 0 Å². The van der Waals surface area contributed by atoms with Crippen LogP contribution >= 0.6 is 0 Å². The normalized spacial score (nSPS) is 12.5. The molecule has 0 aromatic rings. The standard InChI is InChI=1S/C6H11F4N/c1-11(3-2-7)5-6(9,10)4-8/h2-5H2,1H3. The summed E-state index contributed by atoms with van der Waals surface area (Å²) in [4.78, 5) is 1.06. The smallest absolute Gasteiger partial charge is 0.288 e. The van der Waals surface area contributed by atoms with Crippen molar-refractivity contribution in [3.63, 3.8) is 0 Å². The minimum absolute atomic E-state index is 0.0877. The van der Waals surface area contributed by atoms with Crippen molar-refractivity contribution in [2.75, 3.05) is 33.5 Å². The van der Waals surface area contributed by atoms with E-state index in [0.29, 0.717) is 0 Å². The lowest BCUT2D eigenvalue weighted by Gasteiger charge is -2.19. The van der Waals surface area contributed by atoms with Crippen molar-refractivity contribution >= 4 is 0 Å². The molecule has 0 fully saturated rings. The van der Waals surface area contributed by atoms with E-state index in [4.69, 9.17) is 0 Å². The summed E-state index contributed by atoms with van der Waals surface area (Å²) in [6.07, 6.45) is 0. The minimum atomic E-state index is -3.34. The van der Waals surface area contributed by atoms with Gasteiger partial charge >= 0.3 is 0 Å². The SMILES string of the molecule is CN(CCF)CC(F)(F)CF. The Morgan fingerprint density at radius 2 is 1.82 bits per heavy atom. The van der Waals surface area contributed by atoms with Crippen LogP contribution in [0, 0.1) is 0 Å². The molecule has 0 atom stereocenters. The number of halogens is 4. The fourth-order valence-corrected chi connectivity index (χ4v) is 0.660. The van der Waals surface area contributed by atoms with Crippen LogP contribution in [0.1, 0.15) is 0 Å². The van der Waals surface area contributed by atoms with Crippen LogP contribution < -0.4 is 0 Å². The molecule has 0 unspecified atom stereocenters. The van der Waals surface area contributed by atoms with E-state index in [2.05, 4.69) is 0 Å². The molecule has 0 spiro atoms. The molecule has 0 aromatic heterocycles. The lowest BCUT2D eigenvalue weighted by molar-refractivity contribution is -0.0461. The summed E-state index contributed by atoms with van der Waals surface area (Å²) in [5.74, 6) is -3.34. The topological polar surface area (TPSA) is 3.24 Å². The monoisotopic (exact) mass is 173 g/mol. The van der Waals surface area contributed by atoms with Crippen LogP contribution in [0.5, 0.6) is 0 Å². The first-order valence-electron chi connectivity index (χ1n) is 3.20. The fraction of sp³-hybridized carbons (Fsp3) is 1.00. The maximum atomic E-state index is 12.2. The zero-order chi connectivity index (χ0) is 8.91. The maximum Gasteiger partial charge on any atom is 0.288 e. The third-order valence-corrected chi connectivity index (χ3v) is 1.16. The number of nitrogens with zero attached hydrogens (tertiary/aromatic N) is 1. The first kappa shape index (κ1) is 10.7. The van der Waals surface area contributed by atoms with E-state index in [9.17, 15) is 17.6 Å². The van der Waals surface area contributed by atoms with Crippen molar-refractivity contribution in [1.29, 1.82) is 0 Å². The lowest BCUT2D eigenvalue weighted by atomic mass is 10.3. The van der Waals surface area contributed by atoms with Gasteiger partial charge in [-0.15, -0.1) is 0 Å². The van der Waals surface area contributed by atoms with Crippen molar-refractivity contribution in [2.24, 2.45) is 0 Å². The molecule has 0 saturated carbocycles. The Balaban J connectivity index is 3.64. The molecular weight excluding hydrogens is 162 g/mol. The summed E-state index contributed by atoms with van der Waals surface area (Å²) in [6.45, 7) is -3.20. The molecule has 1 nitrogen and oxygen atoms in total. The van der Waals surface area contributed by atoms with Gasteiger partial charge in [-0.05, 0) is 7.05 Å². The Morgan fingerprint density at radius 1 is 1.27 bits per heavy atom. The summed E-state index contributed by atoms with van der Waals surface area (Å²) in [5, 5.41) is 0. The van der Waals surface area contributed by atoms with Gasteiger partial charge in [-0.1, -0.05) is 0 Å². The van der Waals surface area contributed by atoms with Crippen LogP contribution in [-0.2, 0) is 0 Å². The molecule has 5 heteroatoms. The molecule has 0 aliphatic carbocycles. The molecule has 0 radical (unpaired) electrons. The van der Waals surface area contributed by atoms with Crippen molar-refractivity contribution in [1.82, 2.24) is 4.90 Å². The molecule has 11 heavy (non-hydrogen) atoms. The van der Waals surface area contributed by atoms with Gasteiger partial charge in [-0.2, -0.15) is 0 Å². The average Bonchev–Trinajstić information content (AvgIpc) is 1.87. The molecule has 0 aromatic carbocycles. The van der Waals surface area contributed by atoms with E-state index in [0.717, 1.165) is 4.90 Å². The summed E-state index contributed by atoms with van der Waals surface area (Å²) < 4.78 is 47.4. The first-order valence-corrected chi connectivity index (χ1v) is 3.20. The predicted octanol–water partition coefficient (Wildman–Crippen LogP) is 1.49. The van der Waals surface area contributed by atoms with Crippen molar-refractivity contribution < 1.29 is 17.6 Å². The van der Waals surface area contributed by atoms with Crippen LogP contribution in [0.4, 0.5) is 17.6 Å². The Bertz CT molecular complexity index is 107. The zero-order valence-electron chi connectivity index (χ0n) is 6.29. The first-order chi connectivity index (χ1) is 5.02. The zero-order valence-corrected chi connectivity index (χ0v) is 6.29. The molecular formula is C6H11F4N. The van der Waals surface area contributed by atoms with Gasteiger partial charge in [0.2, 0.25) is 0 Å². The largest absolute Gasteiger partial charge is 0.298 e. The molecule has 0 saturated heterocycles. The highest BCUT2D eigenvalue weighted by Gasteiger charge is 2.30. The van der Waals surface area contributed by atoms with Gasteiger partial charge in [0.15, 0.2) is 6.67 Å². The van der Waals surface area contributed by atoms with Crippen molar-refractivity contribution in [3.8, 4) is 0 Å². The van der Waals surface area contributed by atoms with Crippen LogP contribution in [-0.4, -0.2) is 44.3 Å². The van der Waals surface area contributed by atoms with Gasteiger partial charge in [0.1, 0.15) is 6.67 Å². The van der Waals surface area contributed by atoms with Crippen molar-refractivity contribution in [2.45, 2.75) is 5.92 Å². The van der Waals surface area contributed by atoms with Gasteiger partial charge in [-0.25, -0.2) is 17.6 Å². The number of hydrogen-bond donors (Lipinski definition) is 0. The van der Waals surface area contributed by atoms with Gasteiger partial charge in [0.25, 0.3) is 5.92 Å². The van der Waals surface area contributed by atoms with Crippen molar-refractivity contribution in [3.05, 3.63) is 0 Å². The van der Waals surface area contributed by atoms with E-state index in [1.54, 1.807) is 0 Å². The molecule has 0 heterocycles. The molecule has 0 rings (SSSR count). The summed E-state index contributed by atoms with van der Waals surface area (Å²) in [6, 6.07) is 0. The molecule has 0 amide bonds. The molecule has 0 bridgehead atoms. The highest BCUT2D eigenvalue weighted by molar-refractivity contribution is 4.68. The average molecular weight is 173 g/mol. The Labute approximate surface area is 63.0 Å². The van der Waals surface area contributed by atoms with Crippen LogP contribution in [0.3, 0.4) is 0 Å². The third-order valence-electron chi connectivity index (χ3n) is 1.16. The van der Waals surface area contributed by atoms with E-state index in [1.807, 2.05) is 0 Å². The van der Waals surface area contributed by atoms with Gasteiger partial charge in [0, 0.05) is 6.54 Å². The quantitative estimate of drug-likeness (QED) is 0.569. The highest BCUT2D eigenvalue weighted by atomic mass is 19.3. The third kappa shape index (κ3) is 5.01. The van der Waals surface area contributed by atoms with E-state index in [1.165, 1.54) is 7.05 Å². The van der Waals surface area contributed by atoms with Gasteiger partial charge in [-0.3, -0.25) is 4.90 Å². The van der Waals surface area contributed by atoms with Gasteiger partial charge in [0.05, 0.1) is 6.54 Å². The molecule has 0 N–H and O–H groups in total. The summed E-state index contributed by atoms with van der Waals surface area (Å²) in [5.41, 5.74) is 0. The molecule has 0 aliphatic heterocycles. The Morgan fingerprint density at radius 3 is 2.18 bits per heavy atom. The number of alkyl halides is 4. The van der Waals surface area contributed by atoms with E-state index >= 15 is 0 Å². The Kier molecular flexibility index (Phi) is 4.40. The summed E-state index contributed by atoms with van der Waals surface area (Å²) in [7, 11) is 1.32. The van der Waals surface area contributed by atoms with E-state index in [-0.39, 0.29) is 6.54 Å².